The Bertz CT molecular complexity index is 679. The van der Waals surface area contributed by atoms with Crippen molar-refractivity contribution in [1.82, 2.24) is 9.97 Å². The van der Waals surface area contributed by atoms with Gasteiger partial charge >= 0.3 is 0 Å². The Morgan fingerprint density at radius 3 is 3.15 bits per heavy atom. The van der Waals surface area contributed by atoms with E-state index in [9.17, 15) is 4.79 Å². The first-order valence-corrected chi connectivity index (χ1v) is 6.88. The summed E-state index contributed by atoms with van der Waals surface area (Å²) >= 11 is 0. The molecule has 0 aliphatic carbocycles. The van der Waals surface area contributed by atoms with Crippen molar-refractivity contribution in [2.45, 2.75) is 19.8 Å². The van der Waals surface area contributed by atoms with E-state index in [-0.39, 0.29) is 5.56 Å². The van der Waals surface area contributed by atoms with Crippen LogP contribution in [0.4, 0.5) is 5.82 Å². The molecule has 0 atom stereocenters. The zero-order valence-electron chi connectivity index (χ0n) is 11.4. The van der Waals surface area contributed by atoms with Crippen LogP contribution in [-0.4, -0.2) is 23.1 Å². The number of benzene rings is 1. The molecule has 1 aromatic carbocycles. The topological polar surface area (TPSA) is 67.0 Å². The summed E-state index contributed by atoms with van der Waals surface area (Å²) in [5, 5.41) is 3.19. The molecule has 0 amide bonds. The minimum atomic E-state index is -0.0565. The zero-order valence-corrected chi connectivity index (χ0v) is 11.4. The maximum Gasteiger partial charge on any atom is 0.256 e. The molecule has 5 heteroatoms. The molecule has 0 spiro atoms. The van der Waals surface area contributed by atoms with Crippen LogP contribution in [0.2, 0.25) is 0 Å². The molecular formula is C15H17N3O2. The molecule has 20 heavy (non-hydrogen) atoms. The van der Waals surface area contributed by atoms with E-state index in [2.05, 4.69) is 15.3 Å². The first kappa shape index (κ1) is 12.7. The third kappa shape index (κ3) is 2.39. The maximum atomic E-state index is 12.1. The van der Waals surface area contributed by atoms with Crippen LogP contribution < -0.4 is 15.6 Å². The number of rotatable bonds is 3. The van der Waals surface area contributed by atoms with Gasteiger partial charge in [-0.15, -0.1) is 0 Å². The summed E-state index contributed by atoms with van der Waals surface area (Å²) < 4.78 is 5.48. The second-order valence-corrected chi connectivity index (χ2v) is 4.73. The number of aromatic nitrogens is 2. The minimum absolute atomic E-state index is 0.0565. The second-order valence-electron chi connectivity index (χ2n) is 4.73. The van der Waals surface area contributed by atoms with Gasteiger partial charge in [0.05, 0.1) is 12.2 Å². The predicted molar refractivity (Wildman–Crippen MR) is 78.3 cm³/mol. The van der Waals surface area contributed by atoms with Gasteiger partial charge in [0.2, 0.25) is 0 Å². The van der Waals surface area contributed by atoms with Crippen LogP contribution in [0.5, 0.6) is 5.75 Å². The van der Waals surface area contributed by atoms with Crippen LogP contribution in [-0.2, 0) is 6.42 Å². The van der Waals surface area contributed by atoms with Gasteiger partial charge in [0.25, 0.3) is 5.56 Å². The van der Waals surface area contributed by atoms with Crippen molar-refractivity contribution < 1.29 is 4.74 Å². The third-order valence-electron chi connectivity index (χ3n) is 3.33. The average molecular weight is 271 g/mol. The summed E-state index contributed by atoms with van der Waals surface area (Å²) in [7, 11) is 0. The van der Waals surface area contributed by atoms with Crippen molar-refractivity contribution in [3.05, 3.63) is 40.2 Å². The lowest BCUT2D eigenvalue weighted by molar-refractivity contribution is 0.340. The standard InChI is InChI=1S/C15H17N3O2/c1-2-20-11-6-3-5-10(9-11)13-17-14-12(15(19)18-13)7-4-8-16-14/h3,5-6,9H,2,4,7-8H2,1H3,(H2,16,17,18,19). The summed E-state index contributed by atoms with van der Waals surface area (Å²) in [5.41, 5.74) is 1.54. The molecule has 3 rings (SSSR count). The molecular weight excluding hydrogens is 254 g/mol. The van der Waals surface area contributed by atoms with Gasteiger partial charge < -0.3 is 15.0 Å². The van der Waals surface area contributed by atoms with E-state index in [0.29, 0.717) is 18.2 Å². The molecule has 2 aromatic rings. The summed E-state index contributed by atoms with van der Waals surface area (Å²) in [5.74, 6) is 2.06. The van der Waals surface area contributed by atoms with E-state index in [1.807, 2.05) is 31.2 Å². The highest BCUT2D eigenvalue weighted by atomic mass is 16.5. The van der Waals surface area contributed by atoms with Crippen molar-refractivity contribution in [2.24, 2.45) is 0 Å². The fraction of sp³-hybridized carbons (Fsp3) is 0.333. The maximum absolute atomic E-state index is 12.1. The SMILES string of the molecule is CCOc1cccc(-c2nc3c(c(=O)[nH]2)CCCN3)c1. The quantitative estimate of drug-likeness (QED) is 0.898. The van der Waals surface area contributed by atoms with Crippen LogP contribution in [0.3, 0.4) is 0 Å². The van der Waals surface area contributed by atoms with Gasteiger partial charge in [-0.05, 0) is 31.9 Å². The monoisotopic (exact) mass is 271 g/mol. The molecule has 2 N–H and O–H groups in total. The second kappa shape index (κ2) is 5.36. The largest absolute Gasteiger partial charge is 0.494 e. The van der Waals surface area contributed by atoms with Crippen LogP contribution >= 0.6 is 0 Å². The smallest absolute Gasteiger partial charge is 0.256 e. The Morgan fingerprint density at radius 2 is 2.30 bits per heavy atom. The molecule has 0 fully saturated rings. The molecule has 2 heterocycles. The van der Waals surface area contributed by atoms with E-state index in [1.165, 1.54) is 0 Å². The molecule has 1 aliphatic rings. The van der Waals surface area contributed by atoms with Crippen LogP contribution in [0, 0.1) is 0 Å². The molecule has 1 aromatic heterocycles. The molecule has 0 saturated carbocycles. The zero-order chi connectivity index (χ0) is 13.9. The lowest BCUT2D eigenvalue weighted by Gasteiger charge is -2.16. The highest BCUT2D eigenvalue weighted by Gasteiger charge is 2.15. The van der Waals surface area contributed by atoms with Crippen molar-refractivity contribution in [2.75, 3.05) is 18.5 Å². The molecule has 0 bridgehead atoms. The Labute approximate surface area is 117 Å². The molecule has 0 unspecified atom stereocenters. The third-order valence-corrected chi connectivity index (χ3v) is 3.33. The summed E-state index contributed by atoms with van der Waals surface area (Å²) in [6.07, 6.45) is 1.75. The van der Waals surface area contributed by atoms with Gasteiger partial charge in [0, 0.05) is 12.1 Å². The lowest BCUT2D eigenvalue weighted by Crippen LogP contribution is -2.24. The molecule has 0 radical (unpaired) electrons. The number of H-pyrrole nitrogens is 1. The molecule has 104 valence electrons. The summed E-state index contributed by atoms with van der Waals surface area (Å²) in [6, 6.07) is 7.59. The van der Waals surface area contributed by atoms with Gasteiger partial charge in [-0.2, -0.15) is 0 Å². The lowest BCUT2D eigenvalue weighted by atomic mass is 10.1. The molecule has 5 nitrogen and oxygen atoms in total. The Balaban J connectivity index is 2.04. The Hall–Kier alpha value is -2.30. The van der Waals surface area contributed by atoms with Crippen molar-refractivity contribution in [3.63, 3.8) is 0 Å². The van der Waals surface area contributed by atoms with Gasteiger partial charge in [0.1, 0.15) is 17.4 Å². The van der Waals surface area contributed by atoms with E-state index < -0.39 is 0 Å². The van der Waals surface area contributed by atoms with E-state index in [0.717, 1.165) is 36.3 Å². The van der Waals surface area contributed by atoms with Gasteiger partial charge in [-0.1, -0.05) is 12.1 Å². The average Bonchev–Trinajstić information content (AvgIpc) is 2.48. The van der Waals surface area contributed by atoms with Gasteiger partial charge in [-0.3, -0.25) is 4.79 Å². The van der Waals surface area contributed by atoms with E-state index >= 15 is 0 Å². The number of hydrogen-bond donors (Lipinski definition) is 2. The summed E-state index contributed by atoms with van der Waals surface area (Å²) in [4.78, 5) is 19.5. The minimum Gasteiger partial charge on any atom is -0.494 e. The Morgan fingerprint density at radius 1 is 1.40 bits per heavy atom. The number of anilines is 1. The van der Waals surface area contributed by atoms with E-state index in [1.54, 1.807) is 0 Å². The fourth-order valence-corrected chi connectivity index (χ4v) is 2.38. The highest BCUT2D eigenvalue weighted by molar-refractivity contribution is 5.60. The number of hydrogen-bond acceptors (Lipinski definition) is 4. The predicted octanol–water partition coefficient (Wildman–Crippen LogP) is 2.19. The van der Waals surface area contributed by atoms with E-state index in [4.69, 9.17) is 4.74 Å². The van der Waals surface area contributed by atoms with Crippen molar-refractivity contribution in [3.8, 4) is 17.1 Å². The summed E-state index contributed by atoms with van der Waals surface area (Å²) in [6.45, 7) is 3.41. The van der Waals surface area contributed by atoms with Crippen molar-refractivity contribution >= 4 is 5.82 Å². The van der Waals surface area contributed by atoms with Crippen LogP contribution in [0.25, 0.3) is 11.4 Å². The number of aromatic amines is 1. The Kier molecular flexibility index (Phi) is 3.41. The number of ether oxygens (including phenoxy) is 1. The number of nitrogens with one attached hydrogen (secondary N) is 2. The number of fused-ring (bicyclic) bond motifs is 1. The van der Waals surface area contributed by atoms with Crippen molar-refractivity contribution in [1.29, 1.82) is 0 Å². The fourth-order valence-electron chi connectivity index (χ4n) is 2.38. The van der Waals surface area contributed by atoms with Crippen LogP contribution in [0.15, 0.2) is 29.1 Å². The van der Waals surface area contributed by atoms with Gasteiger partial charge in [0.15, 0.2) is 0 Å². The molecule has 1 aliphatic heterocycles. The normalized spacial score (nSPS) is 13.4. The van der Waals surface area contributed by atoms with Crippen LogP contribution in [0.1, 0.15) is 18.9 Å². The molecule has 0 saturated heterocycles. The first-order chi connectivity index (χ1) is 9.78. The number of nitrogens with zero attached hydrogens (tertiary/aromatic N) is 1. The highest BCUT2D eigenvalue weighted by Crippen LogP contribution is 2.23. The first-order valence-electron chi connectivity index (χ1n) is 6.88. The van der Waals surface area contributed by atoms with Gasteiger partial charge in [-0.25, -0.2) is 4.98 Å².